The molecule has 0 saturated carbocycles. The molecule has 1 aromatic heterocycles. The molecule has 3 rings (SSSR count). The molecule has 0 saturated heterocycles. The molecular formula is C19H19N3O4. The zero-order valence-electron chi connectivity index (χ0n) is 14.6. The second kappa shape index (κ2) is 8.15. The third-order valence-corrected chi connectivity index (χ3v) is 3.62. The Balaban J connectivity index is 1.49. The summed E-state index contributed by atoms with van der Waals surface area (Å²) in [5, 5.41) is 10.3. The molecule has 0 radical (unpaired) electrons. The highest BCUT2D eigenvalue weighted by atomic mass is 16.5. The van der Waals surface area contributed by atoms with Crippen LogP contribution in [0.3, 0.4) is 0 Å². The Bertz CT molecular complexity index is 857. The van der Waals surface area contributed by atoms with E-state index in [0.29, 0.717) is 23.8 Å². The van der Waals surface area contributed by atoms with Crippen LogP contribution >= 0.6 is 0 Å². The molecule has 0 aliphatic rings. The van der Waals surface area contributed by atoms with E-state index in [1.54, 1.807) is 31.4 Å². The SMILES string of the molecule is COc1ccc(OCC(=O)Nc2nnc(Cc3ccc(C)cc3)o2)cc1. The number of aryl methyl sites for hydroxylation is 1. The quantitative estimate of drug-likeness (QED) is 0.703. The van der Waals surface area contributed by atoms with Crippen molar-refractivity contribution in [3.05, 3.63) is 65.5 Å². The van der Waals surface area contributed by atoms with E-state index in [9.17, 15) is 4.79 Å². The maximum atomic E-state index is 11.9. The van der Waals surface area contributed by atoms with Gasteiger partial charge in [-0.1, -0.05) is 34.9 Å². The summed E-state index contributed by atoms with van der Waals surface area (Å²) in [6.07, 6.45) is 0.505. The zero-order valence-corrected chi connectivity index (χ0v) is 14.6. The Kier molecular flexibility index (Phi) is 5.48. The Morgan fingerprint density at radius 3 is 2.42 bits per heavy atom. The molecule has 3 aromatic rings. The van der Waals surface area contributed by atoms with Crippen molar-refractivity contribution >= 4 is 11.9 Å². The number of carbonyl (C=O) groups excluding carboxylic acids is 1. The molecule has 1 heterocycles. The molecule has 134 valence electrons. The first kappa shape index (κ1) is 17.5. The van der Waals surface area contributed by atoms with E-state index in [0.717, 1.165) is 5.56 Å². The number of methoxy groups -OCH3 is 1. The van der Waals surface area contributed by atoms with Crippen LogP contribution in [0.2, 0.25) is 0 Å². The number of rotatable bonds is 7. The fourth-order valence-electron chi connectivity index (χ4n) is 2.23. The minimum absolute atomic E-state index is 0.0513. The van der Waals surface area contributed by atoms with Gasteiger partial charge in [0.05, 0.1) is 13.5 Å². The maximum absolute atomic E-state index is 11.9. The molecule has 0 fully saturated rings. The highest BCUT2D eigenvalue weighted by molar-refractivity contribution is 5.89. The third kappa shape index (κ3) is 4.83. The van der Waals surface area contributed by atoms with Gasteiger partial charge in [0.1, 0.15) is 11.5 Å². The van der Waals surface area contributed by atoms with Gasteiger partial charge in [0.2, 0.25) is 5.89 Å². The van der Waals surface area contributed by atoms with Gasteiger partial charge in [-0.05, 0) is 36.8 Å². The van der Waals surface area contributed by atoms with Gasteiger partial charge >= 0.3 is 6.01 Å². The molecule has 7 nitrogen and oxygen atoms in total. The minimum Gasteiger partial charge on any atom is -0.497 e. The van der Waals surface area contributed by atoms with Crippen molar-refractivity contribution < 1.29 is 18.7 Å². The highest BCUT2D eigenvalue weighted by Crippen LogP contribution is 2.17. The molecule has 2 aromatic carbocycles. The fraction of sp³-hybridized carbons (Fsp3) is 0.211. The molecule has 0 aliphatic carbocycles. The summed E-state index contributed by atoms with van der Waals surface area (Å²) in [6.45, 7) is 1.86. The summed E-state index contributed by atoms with van der Waals surface area (Å²) in [5.41, 5.74) is 2.24. The van der Waals surface area contributed by atoms with Crippen LogP contribution in [-0.4, -0.2) is 29.8 Å². The summed E-state index contributed by atoms with van der Waals surface area (Å²) in [6, 6.07) is 15.0. The molecule has 0 unspecified atom stereocenters. The summed E-state index contributed by atoms with van der Waals surface area (Å²) in [4.78, 5) is 11.9. The van der Waals surface area contributed by atoms with Crippen molar-refractivity contribution in [3.8, 4) is 11.5 Å². The van der Waals surface area contributed by atoms with Gasteiger partial charge in [0, 0.05) is 0 Å². The van der Waals surface area contributed by atoms with Gasteiger partial charge in [-0.3, -0.25) is 10.1 Å². The highest BCUT2D eigenvalue weighted by Gasteiger charge is 2.11. The lowest BCUT2D eigenvalue weighted by Gasteiger charge is -2.06. The topological polar surface area (TPSA) is 86.5 Å². The molecule has 0 bridgehead atoms. The summed E-state index contributed by atoms with van der Waals surface area (Å²) >= 11 is 0. The smallest absolute Gasteiger partial charge is 0.322 e. The second-order valence-electron chi connectivity index (χ2n) is 5.68. The van der Waals surface area contributed by atoms with Gasteiger partial charge in [-0.15, -0.1) is 5.10 Å². The number of anilines is 1. The average molecular weight is 353 g/mol. The Morgan fingerprint density at radius 2 is 1.73 bits per heavy atom. The lowest BCUT2D eigenvalue weighted by atomic mass is 10.1. The summed E-state index contributed by atoms with van der Waals surface area (Å²) < 4.78 is 15.9. The van der Waals surface area contributed by atoms with E-state index in [1.165, 1.54) is 5.56 Å². The van der Waals surface area contributed by atoms with Crippen molar-refractivity contribution in [2.24, 2.45) is 0 Å². The number of nitrogens with zero attached hydrogens (tertiary/aromatic N) is 2. The van der Waals surface area contributed by atoms with Gasteiger partial charge in [0.15, 0.2) is 6.61 Å². The molecule has 26 heavy (non-hydrogen) atoms. The zero-order chi connectivity index (χ0) is 18.4. The van der Waals surface area contributed by atoms with Crippen LogP contribution in [-0.2, 0) is 11.2 Å². The summed E-state index contributed by atoms with van der Waals surface area (Å²) in [7, 11) is 1.58. The third-order valence-electron chi connectivity index (χ3n) is 3.62. The first-order valence-corrected chi connectivity index (χ1v) is 8.07. The molecule has 7 heteroatoms. The number of carbonyl (C=O) groups is 1. The van der Waals surface area contributed by atoms with Gasteiger partial charge in [-0.25, -0.2) is 0 Å². The maximum Gasteiger partial charge on any atom is 0.322 e. The van der Waals surface area contributed by atoms with Crippen LogP contribution in [0.5, 0.6) is 11.5 Å². The fourth-order valence-corrected chi connectivity index (χ4v) is 2.23. The average Bonchev–Trinajstić information content (AvgIpc) is 3.09. The monoisotopic (exact) mass is 353 g/mol. The van der Waals surface area contributed by atoms with E-state index in [-0.39, 0.29) is 18.5 Å². The van der Waals surface area contributed by atoms with Crippen LogP contribution in [0.4, 0.5) is 6.01 Å². The van der Waals surface area contributed by atoms with E-state index in [2.05, 4.69) is 15.5 Å². The minimum atomic E-state index is -0.383. The number of hydrogen-bond acceptors (Lipinski definition) is 6. The van der Waals surface area contributed by atoms with Gasteiger partial charge < -0.3 is 13.9 Å². The molecule has 0 aliphatic heterocycles. The predicted molar refractivity (Wildman–Crippen MR) is 95.4 cm³/mol. The number of ether oxygens (including phenoxy) is 2. The Labute approximate surface area is 151 Å². The van der Waals surface area contributed by atoms with E-state index in [4.69, 9.17) is 13.9 Å². The first-order chi connectivity index (χ1) is 12.6. The predicted octanol–water partition coefficient (Wildman–Crippen LogP) is 2.99. The number of amides is 1. The van der Waals surface area contributed by atoms with Crippen molar-refractivity contribution in [2.45, 2.75) is 13.3 Å². The van der Waals surface area contributed by atoms with Crippen LogP contribution in [0.15, 0.2) is 52.9 Å². The number of aromatic nitrogens is 2. The van der Waals surface area contributed by atoms with Crippen molar-refractivity contribution in [1.29, 1.82) is 0 Å². The van der Waals surface area contributed by atoms with E-state index in [1.807, 2.05) is 31.2 Å². The van der Waals surface area contributed by atoms with Crippen molar-refractivity contribution in [2.75, 3.05) is 19.0 Å². The largest absolute Gasteiger partial charge is 0.497 e. The molecule has 1 N–H and O–H groups in total. The molecule has 1 amide bonds. The first-order valence-electron chi connectivity index (χ1n) is 8.07. The van der Waals surface area contributed by atoms with Crippen molar-refractivity contribution in [3.63, 3.8) is 0 Å². The second-order valence-corrected chi connectivity index (χ2v) is 5.68. The van der Waals surface area contributed by atoms with Gasteiger partial charge in [0.25, 0.3) is 5.91 Å². The molecule has 0 atom stereocenters. The Hall–Kier alpha value is -3.35. The summed E-state index contributed by atoms with van der Waals surface area (Å²) in [5.74, 6) is 1.33. The van der Waals surface area contributed by atoms with Gasteiger partial charge in [-0.2, -0.15) is 0 Å². The van der Waals surface area contributed by atoms with Crippen LogP contribution in [0, 0.1) is 6.92 Å². The lowest BCUT2D eigenvalue weighted by molar-refractivity contribution is -0.118. The normalized spacial score (nSPS) is 10.4. The molecular weight excluding hydrogens is 334 g/mol. The number of hydrogen-bond donors (Lipinski definition) is 1. The number of nitrogens with one attached hydrogen (secondary N) is 1. The Morgan fingerprint density at radius 1 is 1.04 bits per heavy atom. The number of benzene rings is 2. The van der Waals surface area contributed by atoms with Crippen molar-refractivity contribution in [1.82, 2.24) is 10.2 Å². The van der Waals surface area contributed by atoms with Crippen LogP contribution < -0.4 is 14.8 Å². The molecule has 0 spiro atoms. The standard InChI is InChI=1S/C19H19N3O4/c1-13-3-5-14(6-4-13)11-18-21-22-19(26-18)20-17(23)12-25-16-9-7-15(24-2)8-10-16/h3-10H,11-12H2,1-2H3,(H,20,22,23). The van der Waals surface area contributed by atoms with E-state index >= 15 is 0 Å². The van der Waals surface area contributed by atoms with Crippen LogP contribution in [0.25, 0.3) is 0 Å². The van der Waals surface area contributed by atoms with E-state index < -0.39 is 0 Å². The lowest BCUT2D eigenvalue weighted by Crippen LogP contribution is -2.20. The van der Waals surface area contributed by atoms with Crippen LogP contribution in [0.1, 0.15) is 17.0 Å².